The van der Waals surface area contributed by atoms with Crippen molar-refractivity contribution in [2.75, 3.05) is 19.0 Å². The van der Waals surface area contributed by atoms with Gasteiger partial charge >= 0.3 is 5.97 Å². The van der Waals surface area contributed by atoms with Crippen molar-refractivity contribution < 1.29 is 19.0 Å². The van der Waals surface area contributed by atoms with Gasteiger partial charge in [-0.1, -0.05) is 12.1 Å². The molecular weight excluding hydrogens is 429 g/mol. The number of anilines is 1. The molecule has 0 fully saturated rings. The van der Waals surface area contributed by atoms with Gasteiger partial charge in [0.25, 0.3) is 0 Å². The summed E-state index contributed by atoms with van der Waals surface area (Å²) in [5.74, 6) is -0.830. The third-order valence-electron chi connectivity index (χ3n) is 5.66. The summed E-state index contributed by atoms with van der Waals surface area (Å²) in [4.78, 5) is 20.9. The van der Waals surface area contributed by atoms with E-state index in [1.807, 2.05) is 5.38 Å². The third kappa shape index (κ3) is 5.24. The average molecular weight is 456 g/mol. The normalized spacial score (nSPS) is 13.8. The molecule has 0 saturated carbocycles. The molecule has 3 heterocycles. The standard InChI is InChI=1S/C24H26FN3O3S/c1-31-21-10-8-16(12-19(21)25)18(13-23(29)30)20-14-32-22(28-20)6-2-5-17-9-7-15-4-3-11-26-24(15)27-17/h7-10,12,14,18H,2-6,11,13H2,1H3,(H,26,27)(H,29,30)/t18-/m1/s1. The Hall–Kier alpha value is -3.00. The quantitative estimate of drug-likeness (QED) is 0.481. The van der Waals surface area contributed by atoms with Crippen molar-refractivity contribution >= 4 is 23.1 Å². The molecule has 0 radical (unpaired) electrons. The number of nitrogens with one attached hydrogen (secondary N) is 1. The number of benzene rings is 1. The number of aryl methyl sites for hydroxylation is 3. The fraction of sp³-hybridized carbons (Fsp3) is 0.375. The highest BCUT2D eigenvalue weighted by Gasteiger charge is 2.22. The van der Waals surface area contributed by atoms with Crippen molar-refractivity contribution in [3.8, 4) is 5.75 Å². The molecule has 1 aliphatic heterocycles. The predicted molar refractivity (Wildman–Crippen MR) is 122 cm³/mol. The Morgan fingerprint density at radius 2 is 2.16 bits per heavy atom. The number of ether oxygens (including phenoxy) is 1. The molecule has 1 aromatic carbocycles. The summed E-state index contributed by atoms with van der Waals surface area (Å²) in [6.45, 7) is 0.973. The van der Waals surface area contributed by atoms with Crippen LogP contribution >= 0.6 is 11.3 Å². The number of methoxy groups -OCH3 is 1. The number of nitrogens with zero attached hydrogens (tertiary/aromatic N) is 2. The van der Waals surface area contributed by atoms with Crippen LogP contribution < -0.4 is 10.1 Å². The van der Waals surface area contributed by atoms with E-state index < -0.39 is 17.7 Å². The Kier molecular flexibility index (Phi) is 6.99. The number of thiazole rings is 1. The Morgan fingerprint density at radius 1 is 1.28 bits per heavy atom. The Balaban J connectivity index is 1.42. The van der Waals surface area contributed by atoms with Gasteiger partial charge in [-0.15, -0.1) is 11.3 Å². The fourth-order valence-corrected chi connectivity index (χ4v) is 4.89. The zero-order valence-electron chi connectivity index (χ0n) is 17.9. The summed E-state index contributed by atoms with van der Waals surface area (Å²) in [6.07, 6.45) is 4.61. The molecule has 8 heteroatoms. The smallest absolute Gasteiger partial charge is 0.304 e. The lowest BCUT2D eigenvalue weighted by atomic mass is 9.93. The van der Waals surface area contributed by atoms with Crippen LogP contribution in [0.1, 0.15) is 52.7 Å². The van der Waals surface area contributed by atoms with Crippen LogP contribution in [-0.4, -0.2) is 34.7 Å². The second kappa shape index (κ2) is 10.1. The van der Waals surface area contributed by atoms with Crippen LogP contribution in [0.4, 0.5) is 10.2 Å². The van der Waals surface area contributed by atoms with E-state index >= 15 is 0 Å². The zero-order valence-corrected chi connectivity index (χ0v) is 18.8. The van der Waals surface area contributed by atoms with Crippen LogP contribution in [0, 0.1) is 5.82 Å². The Morgan fingerprint density at radius 3 is 2.94 bits per heavy atom. The number of rotatable bonds is 9. The molecule has 0 aliphatic carbocycles. The minimum Gasteiger partial charge on any atom is -0.494 e. The second-order valence-electron chi connectivity index (χ2n) is 7.90. The van der Waals surface area contributed by atoms with Crippen LogP contribution in [0.3, 0.4) is 0 Å². The maximum absolute atomic E-state index is 14.2. The number of hydrogen-bond acceptors (Lipinski definition) is 6. The first kappa shape index (κ1) is 22.2. The number of carboxylic acids is 1. The van der Waals surface area contributed by atoms with Crippen molar-refractivity contribution in [1.82, 2.24) is 9.97 Å². The van der Waals surface area contributed by atoms with Crippen molar-refractivity contribution in [2.45, 2.75) is 44.4 Å². The van der Waals surface area contributed by atoms with Gasteiger partial charge in [0.1, 0.15) is 5.82 Å². The average Bonchev–Trinajstić information content (AvgIpc) is 3.26. The zero-order chi connectivity index (χ0) is 22.5. The van der Waals surface area contributed by atoms with Crippen molar-refractivity contribution in [3.63, 3.8) is 0 Å². The minimum atomic E-state index is -0.951. The molecule has 1 aliphatic rings. The summed E-state index contributed by atoms with van der Waals surface area (Å²) in [5, 5.41) is 15.6. The number of halogens is 1. The van der Waals surface area contributed by atoms with Crippen LogP contribution in [-0.2, 0) is 24.1 Å². The van der Waals surface area contributed by atoms with Gasteiger partial charge in [-0.2, -0.15) is 0 Å². The molecule has 6 nitrogen and oxygen atoms in total. The van der Waals surface area contributed by atoms with Crippen LogP contribution in [0.5, 0.6) is 5.75 Å². The maximum Gasteiger partial charge on any atom is 0.304 e. The number of pyridine rings is 1. The summed E-state index contributed by atoms with van der Waals surface area (Å²) in [6, 6.07) is 8.81. The maximum atomic E-state index is 14.2. The number of fused-ring (bicyclic) bond motifs is 1. The molecule has 4 rings (SSSR count). The summed E-state index contributed by atoms with van der Waals surface area (Å²) in [7, 11) is 1.40. The van der Waals surface area contributed by atoms with Gasteiger partial charge in [0, 0.05) is 23.5 Å². The highest BCUT2D eigenvalue weighted by Crippen LogP contribution is 2.32. The second-order valence-corrected chi connectivity index (χ2v) is 8.85. The largest absolute Gasteiger partial charge is 0.494 e. The van der Waals surface area contributed by atoms with Crippen LogP contribution in [0.15, 0.2) is 35.7 Å². The first-order chi connectivity index (χ1) is 15.5. The molecule has 2 aromatic heterocycles. The molecule has 0 unspecified atom stereocenters. The van der Waals surface area contributed by atoms with Gasteiger partial charge in [0.2, 0.25) is 0 Å². The van der Waals surface area contributed by atoms with Gasteiger partial charge in [0.05, 0.1) is 24.2 Å². The first-order valence-corrected chi connectivity index (χ1v) is 11.6. The van der Waals surface area contributed by atoms with E-state index in [1.54, 1.807) is 6.07 Å². The number of aromatic nitrogens is 2. The SMILES string of the molecule is COc1ccc([C@@H](CC(=O)O)c2csc(CCCc3ccc4c(n3)NCCC4)n2)cc1F. The molecule has 0 bridgehead atoms. The molecule has 0 spiro atoms. The number of aliphatic carboxylic acids is 1. The Bertz CT molecular complexity index is 1100. The Labute approximate surface area is 190 Å². The number of carboxylic acid groups (broad SMARTS) is 1. The van der Waals surface area contributed by atoms with Crippen LogP contribution in [0.25, 0.3) is 0 Å². The molecule has 32 heavy (non-hydrogen) atoms. The van der Waals surface area contributed by atoms with E-state index in [4.69, 9.17) is 9.72 Å². The first-order valence-electron chi connectivity index (χ1n) is 10.8. The molecule has 2 N–H and O–H groups in total. The number of carbonyl (C=O) groups is 1. The summed E-state index contributed by atoms with van der Waals surface area (Å²) < 4.78 is 19.2. The minimum absolute atomic E-state index is 0.132. The lowest BCUT2D eigenvalue weighted by Crippen LogP contribution is -2.14. The topological polar surface area (TPSA) is 84.3 Å². The summed E-state index contributed by atoms with van der Waals surface area (Å²) in [5.41, 5.74) is 3.58. The van der Waals surface area contributed by atoms with E-state index in [-0.39, 0.29) is 12.2 Å². The van der Waals surface area contributed by atoms with Crippen LogP contribution in [0.2, 0.25) is 0 Å². The summed E-state index contributed by atoms with van der Waals surface area (Å²) >= 11 is 1.51. The van der Waals surface area contributed by atoms with Gasteiger partial charge in [-0.05, 0) is 61.4 Å². The van der Waals surface area contributed by atoms with Crippen molar-refractivity contribution in [3.05, 3.63) is 69.1 Å². The van der Waals surface area contributed by atoms with Crippen molar-refractivity contribution in [2.24, 2.45) is 0 Å². The molecule has 168 valence electrons. The highest BCUT2D eigenvalue weighted by atomic mass is 32.1. The number of hydrogen-bond donors (Lipinski definition) is 2. The van der Waals surface area contributed by atoms with Gasteiger partial charge in [-0.3, -0.25) is 4.79 Å². The van der Waals surface area contributed by atoms with Gasteiger partial charge in [0.15, 0.2) is 11.6 Å². The highest BCUT2D eigenvalue weighted by molar-refractivity contribution is 7.09. The molecule has 1 atom stereocenters. The third-order valence-corrected chi connectivity index (χ3v) is 6.59. The lowest BCUT2D eigenvalue weighted by Gasteiger charge is -2.17. The fourth-order valence-electron chi connectivity index (χ4n) is 4.00. The monoisotopic (exact) mass is 455 g/mol. The molecule has 0 amide bonds. The van der Waals surface area contributed by atoms with E-state index in [0.29, 0.717) is 11.3 Å². The van der Waals surface area contributed by atoms with E-state index in [2.05, 4.69) is 22.4 Å². The van der Waals surface area contributed by atoms with Gasteiger partial charge < -0.3 is 15.2 Å². The molecule has 0 saturated heterocycles. The lowest BCUT2D eigenvalue weighted by molar-refractivity contribution is -0.137. The molecule has 3 aromatic rings. The van der Waals surface area contributed by atoms with E-state index in [1.165, 1.54) is 36.1 Å². The van der Waals surface area contributed by atoms with Gasteiger partial charge in [-0.25, -0.2) is 14.4 Å². The van der Waals surface area contributed by atoms with E-state index in [0.717, 1.165) is 55.2 Å². The predicted octanol–water partition coefficient (Wildman–Crippen LogP) is 4.83. The van der Waals surface area contributed by atoms with Crippen molar-refractivity contribution in [1.29, 1.82) is 0 Å². The van der Waals surface area contributed by atoms with E-state index in [9.17, 15) is 14.3 Å². The molecular formula is C24H26FN3O3S.